The summed E-state index contributed by atoms with van der Waals surface area (Å²) in [4.78, 5) is 0.183. The number of nitrogens with zero attached hydrogens (tertiary/aromatic N) is 1. The topological polar surface area (TPSA) is 49.4 Å². The molecule has 19 heavy (non-hydrogen) atoms. The first-order valence-electron chi connectivity index (χ1n) is 6.02. The molecule has 1 aliphatic heterocycles. The van der Waals surface area contributed by atoms with E-state index in [0.717, 1.165) is 0 Å². The van der Waals surface area contributed by atoms with Crippen LogP contribution >= 0.6 is 23.2 Å². The summed E-state index contributed by atoms with van der Waals surface area (Å²) in [6.07, 6.45) is 0. The second-order valence-electron chi connectivity index (χ2n) is 4.81. The monoisotopic (exact) mass is 322 g/mol. The van der Waals surface area contributed by atoms with Crippen molar-refractivity contribution in [3.63, 3.8) is 0 Å². The lowest BCUT2D eigenvalue weighted by atomic mass is 10.2. The van der Waals surface area contributed by atoms with Crippen LogP contribution in [0, 0.1) is 0 Å². The van der Waals surface area contributed by atoms with Gasteiger partial charge in [-0.25, -0.2) is 8.42 Å². The Balaban J connectivity index is 2.38. The number of rotatable bonds is 2. The molecule has 0 bridgehead atoms. The molecule has 4 nitrogen and oxygen atoms in total. The molecular formula is C12H16Cl2N2O2S. The number of hydrogen-bond acceptors (Lipinski definition) is 3. The molecule has 1 fully saturated rings. The molecule has 1 N–H and O–H groups in total. The standard InChI is InChI=1S/C12H16Cl2N2O2S/c1-8-7-16(9(2)6-15-8)19(17,18)10-3-4-11(13)12(14)5-10/h3-5,8-9,15H,6-7H2,1-2H3. The predicted molar refractivity (Wildman–Crippen MR) is 77.3 cm³/mol. The Morgan fingerprint density at radius 3 is 2.58 bits per heavy atom. The van der Waals surface area contributed by atoms with E-state index in [9.17, 15) is 8.42 Å². The summed E-state index contributed by atoms with van der Waals surface area (Å²) < 4.78 is 26.7. The minimum Gasteiger partial charge on any atom is -0.311 e. The summed E-state index contributed by atoms with van der Waals surface area (Å²) in [6, 6.07) is 4.44. The number of benzene rings is 1. The minimum absolute atomic E-state index is 0.0874. The highest BCUT2D eigenvalue weighted by molar-refractivity contribution is 7.89. The molecule has 0 amide bonds. The first-order valence-corrected chi connectivity index (χ1v) is 8.22. The minimum atomic E-state index is -3.53. The maximum atomic E-state index is 12.6. The van der Waals surface area contributed by atoms with Crippen molar-refractivity contribution in [1.82, 2.24) is 9.62 Å². The molecule has 0 spiro atoms. The highest BCUT2D eigenvalue weighted by atomic mass is 35.5. The number of nitrogens with one attached hydrogen (secondary N) is 1. The third kappa shape index (κ3) is 3.06. The quantitative estimate of drug-likeness (QED) is 0.909. The van der Waals surface area contributed by atoms with Crippen molar-refractivity contribution in [2.75, 3.05) is 13.1 Å². The van der Waals surface area contributed by atoms with Gasteiger partial charge in [-0.05, 0) is 32.0 Å². The average Bonchev–Trinajstić information content (AvgIpc) is 2.35. The molecule has 0 aromatic heterocycles. The summed E-state index contributed by atoms with van der Waals surface area (Å²) in [5.74, 6) is 0. The predicted octanol–water partition coefficient (Wildman–Crippen LogP) is 2.36. The lowest BCUT2D eigenvalue weighted by Crippen LogP contribution is -2.56. The first-order chi connectivity index (χ1) is 8.82. The summed E-state index contributed by atoms with van der Waals surface area (Å²) >= 11 is 11.7. The van der Waals surface area contributed by atoms with Gasteiger partial charge in [0.2, 0.25) is 10.0 Å². The van der Waals surface area contributed by atoms with Crippen LogP contribution < -0.4 is 5.32 Å². The molecule has 2 unspecified atom stereocenters. The summed E-state index contributed by atoms with van der Waals surface area (Å²) in [5, 5.41) is 3.85. The van der Waals surface area contributed by atoms with Gasteiger partial charge in [-0.1, -0.05) is 23.2 Å². The third-order valence-electron chi connectivity index (χ3n) is 3.20. The normalized spacial score (nSPS) is 25.5. The van der Waals surface area contributed by atoms with E-state index in [-0.39, 0.29) is 22.0 Å². The zero-order valence-electron chi connectivity index (χ0n) is 10.7. The van der Waals surface area contributed by atoms with E-state index >= 15 is 0 Å². The molecule has 106 valence electrons. The maximum Gasteiger partial charge on any atom is 0.243 e. The van der Waals surface area contributed by atoms with Crippen LogP contribution in [0.15, 0.2) is 23.1 Å². The second-order valence-corrected chi connectivity index (χ2v) is 7.51. The molecule has 1 aromatic carbocycles. The van der Waals surface area contributed by atoms with Crippen LogP contribution in [0.25, 0.3) is 0 Å². The molecule has 0 saturated carbocycles. The number of sulfonamides is 1. The van der Waals surface area contributed by atoms with Crippen LogP contribution in [0.3, 0.4) is 0 Å². The molecule has 2 rings (SSSR count). The fourth-order valence-electron chi connectivity index (χ4n) is 2.10. The number of hydrogen-bond donors (Lipinski definition) is 1. The fraction of sp³-hybridized carbons (Fsp3) is 0.500. The van der Waals surface area contributed by atoms with Gasteiger partial charge in [0, 0.05) is 25.2 Å². The van der Waals surface area contributed by atoms with Crippen molar-refractivity contribution >= 4 is 33.2 Å². The second kappa shape index (κ2) is 5.58. The fourth-order valence-corrected chi connectivity index (χ4v) is 4.20. The highest BCUT2D eigenvalue weighted by Gasteiger charge is 2.33. The van der Waals surface area contributed by atoms with Crippen molar-refractivity contribution in [3.05, 3.63) is 28.2 Å². The number of halogens is 2. The van der Waals surface area contributed by atoms with Gasteiger partial charge in [0.1, 0.15) is 0 Å². The van der Waals surface area contributed by atoms with E-state index in [4.69, 9.17) is 23.2 Å². The lowest BCUT2D eigenvalue weighted by Gasteiger charge is -2.36. The van der Waals surface area contributed by atoms with Crippen molar-refractivity contribution < 1.29 is 8.42 Å². The van der Waals surface area contributed by atoms with Crippen molar-refractivity contribution in [2.45, 2.75) is 30.8 Å². The SMILES string of the molecule is CC1CN(S(=O)(=O)c2ccc(Cl)c(Cl)c2)C(C)CN1. The Labute approximate surface area is 123 Å². The Kier molecular flexibility index (Phi) is 4.42. The lowest BCUT2D eigenvalue weighted by molar-refractivity contribution is 0.244. The van der Waals surface area contributed by atoms with E-state index in [0.29, 0.717) is 18.1 Å². The first kappa shape index (κ1) is 15.1. The zero-order chi connectivity index (χ0) is 14.2. The van der Waals surface area contributed by atoms with E-state index in [1.807, 2.05) is 13.8 Å². The van der Waals surface area contributed by atoms with E-state index in [1.54, 1.807) is 0 Å². The summed E-state index contributed by atoms with van der Waals surface area (Å²) in [6.45, 7) is 4.93. The van der Waals surface area contributed by atoms with Crippen molar-refractivity contribution in [1.29, 1.82) is 0 Å². The van der Waals surface area contributed by atoms with E-state index < -0.39 is 10.0 Å². The summed E-state index contributed by atoms with van der Waals surface area (Å²) in [7, 11) is -3.53. The van der Waals surface area contributed by atoms with Gasteiger partial charge in [0.15, 0.2) is 0 Å². The Bertz CT molecular complexity index is 577. The molecule has 1 heterocycles. The van der Waals surface area contributed by atoms with Gasteiger partial charge in [0.25, 0.3) is 0 Å². The van der Waals surface area contributed by atoms with Gasteiger partial charge in [-0.2, -0.15) is 4.31 Å². The Morgan fingerprint density at radius 1 is 1.26 bits per heavy atom. The molecular weight excluding hydrogens is 307 g/mol. The zero-order valence-corrected chi connectivity index (χ0v) is 13.1. The molecule has 1 aromatic rings. The Morgan fingerprint density at radius 2 is 1.95 bits per heavy atom. The smallest absolute Gasteiger partial charge is 0.243 e. The molecule has 0 aliphatic carbocycles. The van der Waals surface area contributed by atoms with E-state index in [1.165, 1.54) is 22.5 Å². The average molecular weight is 323 g/mol. The van der Waals surface area contributed by atoms with Gasteiger partial charge in [-0.15, -0.1) is 0 Å². The van der Waals surface area contributed by atoms with Gasteiger partial charge in [0.05, 0.1) is 14.9 Å². The van der Waals surface area contributed by atoms with Gasteiger partial charge < -0.3 is 5.32 Å². The molecule has 1 saturated heterocycles. The van der Waals surface area contributed by atoms with Gasteiger partial charge >= 0.3 is 0 Å². The van der Waals surface area contributed by atoms with Crippen LogP contribution in [0.4, 0.5) is 0 Å². The molecule has 2 atom stereocenters. The third-order valence-corrected chi connectivity index (χ3v) is 5.92. The van der Waals surface area contributed by atoms with Crippen LogP contribution in [0.1, 0.15) is 13.8 Å². The summed E-state index contributed by atoms with van der Waals surface area (Å²) in [5.41, 5.74) is 0. The molecule has 7 heteroatoms. The van der Waals surface area contributed by atoms with Crippen LogP contribution in [0.2, 0.25) is 10.0 Å². The van der Waals surface area contributed by atoms with Gasteiger partial charge in [-0.3, -0.25) is 0 Å². The van der Waals surface area contributed by atoms with E-state index in [2.05, 4.69) is 5.32 Å². The maximum absolute atomic E-state index is 12.6. The highest BCUT2D eigenvalue weighted by Crippen LogP contribution is 2.27. The van der Waals surface area contributed by atoms with Crippen LogP contribution in [0.5, 0.6) is 0 Å². The van der Waals surface area contributed by atoms with Crippen molar-refractivity contribution in [3.8, 4) is 0 Å². The van der Waals surface area contributed by atoms with Crippen LogP contribution in [-0.4, -0.2) is 37.9 Å². The Hall–Kier alpha value is -0.330. The number of piperazine rings is 1. The molecule has 0 radical (unpaired) electrons. The molecule has 1 aliphatic rings. The van der Waals surface area contributed by atoms with Crippen molar-refractivity contribution in [2.24, 2.45) is 0 Å². The largest absolute Gasteiger partial charge is 0.311 e. The van der Waals surface area contributed by atoms with Crippen LogP contribution in [-0.2, 0) is 10.0 Å².